The molecular formula is C21H24F2N2O2. The van der Waals surface area contributed by atoms with E-state index >= 15 is 0 Å². The van der Waals surface area contributed by atoms with E-state index < -0.39 is 29.6 Å². The van der Waals surface area contributed by atoms with E-state index in [1.807, 2.05) is 13.8 Å². The fourth-order valence-electron chi connectivity index (χ4n) is 2.75. The second kappa shape index (κ2) is 9.26. The van der Waals surface area contributed by atoms with Crippen molar-refractivity contribution in [2.24, 2.45) is 5.92 Å². The van der Waals surface area contributed by atoms with Gasteiger partial charge in [-0.2, -0.15) is 0 Å². The summed E-state index contributed by atoms with van der Waals surface area (Å²) in [5.74, 6) is -2.29. The molecule has 0 fully saturated rings. The van der Waals surface area contributed by atoms with Crippen molar-refractivity contribution in [3.8, 4) is 0 Å². The van der Waals surface area contributed by atoms with Crippen LogP contribution in [0.4, 0.5) is 8.78 Å². The lowest BCUT2D eigenvalue weighted by Crippen LogP contribution is -2.50. The first-order valence-electron chi connectivity index (χ1n) is 8.94. The third-order valence-electron chi connectivity index (χ3n) is 4.61. The highest BCUT2D eigenvalue weighted by atomic mass is 19.1. The maximum Gasteiger partial charge on any atom is 0.251 e. The summed E-state index contributed by atoms with van der Waals surface area (Å²) >= 11 is 0. The van der Waals surface area contributed by atoms with Crippen LogP contribution in [0.2, 0.25) is 0 Å². The molecule has 0 saturated heterocycles. The Morgan fingerprint density at radius 1 is 1.00 bits per heavy atom. The van der Waals surface area contributed by atoms with E-state index in [0.717, 1.165) is 12.1 Å². The summed E-state index contributed by atoms with van der Waals surface area (Å²) in [6.07, 6.45) is 0.673. The molecule has 0 heterocycles. The molecule has 27 heavy (non-hydrogen) atoms. The number of rotatable bonds is 7. The maximum absolute atomic E-state index is 13.9. The van der Waals surface area contributed by atoms with Crippen molar-refractivity contribution in [2.75, 3.05) is 0 Å². The number of hydrogen-bond donors (Lipinski definition) is 2. The van der Waals surface area contributed by atoms with E-state index in [2.05, 4.69) is 10.6 Å². The molecule has 4 nitrogen and oxygen atoms in total. The summed E-state index contributed by atoms with van der Waals surface area (Å²) in [6, 6.07) is 10.4. The van der Waals surface area contributed by atoms with Gasteiger partial charge in [0.1, 0.15) is 17.7 Å². The minimum Gasteiger partial charge on any atom is -0.348 e. The topological polar surface area (TPSA) is 58.2 Å². The number of nitrogens with one attached hydrogen (secondary N) is 2. The van der Waals surface area contributed by atoms with Crippen molar-refractivity contribution >= 4 is 11.8 Å². The highest BCUT2D eigenvalue weighted by molar-refractivity contribution is 5.97. The van der Waals surface area contributed by atoms with Crippen molar-refractivity contribution in [3.63, 3.8) is 0 Å². The minimum absolute atomic E-state index is 0.122. The first kappa shape index (κ1) is 20.6. The Kier molecular flexibility index (Phi) is 7.05. The van der Waals surface area contributed by atoms with Crippen LogP contribution in [0.15, 0.2) is 48.5 Å². The van der Waals surface area contributed by atoms with E-state index in [1.165, 1.54) is 6.07 Å². The minimum atomic E-state index is -0.770. The van der Waals surface area contributed by atoms with Crippen LogP contribution in [0.5, 0.6) is 0 Å². The number of carbonyl (C=O) groups excluding carboxylic acids is 2. The first-order chi connectivity index (χ1) is 12.8. The largest absolute Gasteiger partial charge is 0.348 e. The molecule has 0 saturated carbocycles. The van der Waals surface area contributed by atoms with E-state index in [4.69, 9.17) is 0 Å². The Labute approximate surface area is 158 Å². The SMILES string of the molecule is CCC(C)C(NC(=O)c1ccccc1)C(=O)NC(C)c1ccc(F)cc1F. The predicted molar refractivity (Wildman–Crippen MR) is 100 cm³/mol. The molecule has 0 aliphatic rings. The number of hydrogen-bond acceptors (Lipinski definition) is 2. The number of benzene rings is 2. The quantitative estimate of drug-likeness (QED) is 0.770. The van der Waals surface area contributed by atoms with Gasteiger partial charge >= 0.3 is 0 Å². The molecule has 0 aliphatic heterocycles. The molecule has 3 unspecified atom stereocenters. The fourth-order valence-corrected chi connectivity index (χ4v) is 2.75. The monoisotopic (exact) mass is 374 g/mol. The van der Waals surface area contributed by atoms with Gasteiger partial charge < -0.3 is 10.6 Å². The molecule has 6 heteroatoms. The molecule has 0 bridgehead atoms. The normalized spacial score (nSPS) is 14.1. The van der Waals surface area contributed by atoms with Crippen LogP contribution < -0.4 is 10.6 Å². The molecule has 0 aliphatic carbocycles. The fraction of sp³-hybridized carbons (Fsp3) is 0.333. The summed E-state index contributed by atoms with van der Waals surface area (Å²) in [7, 11) is 0. The maximum atomic E-state index is 13.9. The van der Waals surface area contributed by atoms with Gasteiger partial charge in [0.25, 0.3) is 5.91 Å². The van der Waals surface area contributed by atoms with Crippen LogP contribution in [0.3, 0.4) is 0 Å². The Balaban J connectivity index is 2.13. The molecule has 0 aromatic heterocycles. The van der Waals surface area contributed by atoms with Gasteiger partial charge in [0, 0.05) is 17.2 Å². The molecule has 2 rings (SSSR count). The molecular weight excluding hydrogens is 350 g/mol. The molecule has 3 atom stereocenters. The average molecular weight is 374 g/mol. The average Bonchev–Trinajstić information content (AvgIpc) is 2.65. The zero-order chi connectivity index (χ0) is 20.0. The summed E-state index contributed by atoms with van der Waals surface area (Å²) in [6.45, 7) is 5.39. The van der Waals surface area contributed by atoms with Crippen LogP contribution in [0.1, 0.15) is 49.2 Å². The van der Waals surface area contributed by atoms with Crippen LogP contribution in [0.25, 0.3) is 0 Å². The van der Waals surface area contributed by atoms with Crippen molar-refractivity contribution in [1.82, 2.24) is 10.6 Å². The Bertz CT molecular complexity index is 796. The highest BCUT2D eigenvalue weighted by Gasteiger charge is 2.28. The highest BCUT2D eigenvalue weighted by Crippen LogP contribution is 2.19. The van der Waals surface area contributed by atoms with Crippen LogP contribution in [-0.2, 0) is 4.79 Å². The first-order valence-corrected chi connectivity index (χ1v) is 8.94. The molecule has 0 spiro atoms. The summed E-state index contributed by atoms with van der Waals surface area (Å²) in [5, 5.41) is 5.47. The van der Waals surface area contributed by atoms with E-state index in [0.29, 0.717) is 12.0 Å². The van der Waals surface area contributed by atoms with Gasteiger partial charge in [-0.1, -0.05) is 44.5 Å². The summed E-state index contributed by atoms with van der Waals surface area (Å²) in [5.41, 5.74) is 0.637. The third kappa shape index (κ3) is 5.36. The number of halogens is 2. The van der Waals surface area contributed by atoms with Gasteiger partial charge in [-0.15, -0.1) is 0 Å². The smallest absolute Gasteiger partial charge is 0.251 e. The van der Waals surface area contributed by atoms with Gasteiger partial charge in [-0.05, 0) is 31.0 Å². The lowest BCUT2D eigenvalue weighted by Gasteiger charge is -2.26. The lowest BCUT2D eigenvalue weighted by molar-refractivity contribution is -0.124. The van der Waals surface area contributed by atoms with Crippen molar-refractivity contribution in [1.29, 1.82) is 0 Å². The molecule has 0 radical (unpaired) electrons. The number of amides is 2. The molecule has 2 aromatic rings. The Morgan fingerprint density at radius 3 is 2.26 bits per heavy atom. The number of carbonyl (C=O) groups is 2. The third-order valence-corrected chi connectivity index (χ3v) is 4.61. The van der Waals surface area contributed by atoms with E-state index in [1.54, 1.807) is 37.3 Å². The van der Waals surface area contributed by atoms with Crippen LogP contribution >= 0.6 is 0 Å². The van der Waals surface area contributed by atoms with Gasteiger partial charge in [0.15, 0.2) is 0 Å². The van der Waals surface area contributed by atoms with E-state index in [9.17, 15) is 18.4 Å². The molecule has 2 amide bonds. The van der Waals surface area contributed by atoms with Gasteiger partial charge in [0.2, 0.25) is 5.91 Å². The Morgan fingerprint density at radius 2 is 1.67 bits per heavy atom. The van der Waals surface area contributed by atoms with E-state index in [-0.39, 0.29) is 17.4 Å². The second-order valence-corrected chi connectivity index (χ2v) is 6.60. The van der Waals surface area contributed by atoms with Crippen molar-refractivity contribution in [3.05, 3.63) is 71.3 Å². The predicted octanol–water partition coefficient (Wildman–Crippen LogP) is 3.99. The Hall–Kier alpha value is -2.76. The van der Waals surface area contributed by atoms with Crippen molar-refractivity contribution in [2.45, 2.75) is 39.3 Å². The standard InChI is InChI=1S/C21H24F2N2O2/c1-4-13(2)19(25-20(26)15-8-6-5-7-9-15)21(27)24-14(3)17-11-10-16(22)12-18(17)23/h5-14,19H,4H2,1-3H3,(H,24,27)(H,25,26). The van der Waals surface area contributed by atoms with Crippen molar-refractivity contribution < 1.29 is 18.4 Å². The second-order valence-electron chi connectivity index (χ2n) is 6.60. The zero-order valence-electron chi connectivity index (χ0n) is 15.6. The van der Waals surface area contributed by atoms with Gasteiger partial charge in [0.05, 0.1) is 6.04 Å². The zero-order valence-corrected chi connectivity index (χ0v) is 15.6. The lowest BCUT2D eigenvalue weighted by atomic mass is 9.97. The van der Waals surface area contributed by atoms with Crippen LogP contribution in [-0.4, -0.2) is 17.9 Å². The van der Waals surface area contributed by atoms with Crippen LogP contribution in [0, 0.1) is 17.6 Å². The summed E-state index contributed by atoms with van der Waals surface area (Å²) in [4.78, 5) is 25.2. The van der Waals surface area contributed by atoms with Gasteiger partial charge in [-0.3, -0.25) is 9.59 Å². The summed E-state index contributed by atoms with van der Waals surface area (Å²) < 4.78 is 27.0. The molecule has 144 valence electrons. The van der Waals surface area contributed by atoms with Gasteiger partial charge in [-0.25, -0.2) is 8.78 Å². The molecule has 2 aromatic carbocycles. The molecule has 2 N–H and O–H groups in total.